The van der Waals surface area contributed by atoms with Crippen LogP contribution in [0.5, 0.6) is 0 Å². The highest BCUT2D eigenvalue weighted by molar-refractivity contribution is 6.34. The molecule has 1 aromatic rings. The minimum Gasteiger partial charge on any atom is -0.465 e. The molecule has 3 heterocycles. The molecule has 2 bridgehead atoms. The number of esters is 1. The van der Waals surface area contributed by atoms with E-state index in [1.165, 1.54) is 9.80 Å². The molecule has 5 atom stereocenters. The standard InChI is InChI=1S/C29H37ClN2O6/c1-5-8-9-18-37-27(36)22-21-25(34)32(16-17-33)24(29(21)14-13-28(22,7-3)38-29)26(35)31(15-6-2)23-19(4)11-10-12-20(23)30/h5-6,10-12,21-22,24,33H,1-2,7-9,13-18H2,3-4H3/t21-,22+,24?,28-,29?/m0/s1. The number of aryl methyl sites for hydroxylation is 1. The summed E-state index contributed by atoms with van der Waals surface area (Å²) in [6.07, 6.45) is 6.19. The monoisotopic (exact) mass is 544 g/mol. The van der Waals surface area contributed by atoms with E-state index in [2.05, 4.69) is 13.2 Å². The Labute approximate surface area is 229 Å². The molecule has 0 radical (unpaired) electrons. The third-order valence-corrected chi connectivity index (χ3v) is 8.65. The first-order valence-electron chi connectivity index (χ1n) is 13.3. The van der Waals surface area contributed by atoms with Crippen molar-refractivity contribution in [2.24, 2.45) is 11.8 Å². The summed E-state index contributed by atoms with van der Waals surface area (Å²) >= 11 is 6.56. The van der Waals surface area contributed by atoms with Crippen LogP contribution in [0.1, 0.15) is 44.6 Å². The molecule has 8 nitrogen and oxygen atoms in total. The van der Waals surface area contributed by atoms with Crippen molar-refractivity contribution in [3.8, 4) is 0 Å². The predicted molar refractivity (Wildman–Crippen MR) is 145 cm³/mol. The first kappa shape index (κ1) is 28.3. The zero-order chi connectivity index (χ0) is 27.7. The van der Waals surface area contributed by atoms with Gasteiger partial charge >= 0.3 is 5.97 Å². The molecule has 38 heavy (non-hydrogen) atoms. The number of β-amino-alcohol motifs (C(OH)–C–C–N with tert-alkyl or cyclic N) is 1. The number of fused-ring (bicyclic) bond motifs is 1. The van der Waals surface area contributed by atoms with Crippen LogP contribution in [0.15, 0.2) is 43.5 Å². The molecular formula is C29H37ClN2O6. The largest absolute Gasteiger partial charge is 0.465 e. The predicted octanol–water partition coefficient (Wildman–Crippen LogP) is 3.82. The molecule has 2 amide bonds. The molecule has 3 fully saturated rings. The summed E-state index contributed by atoms with van der Waals surface area (Å²) in [6, 6.07) is 4.34. The molecule has 3 saturated heterocycles. The summed E-state index contributed by atoms with van der Waals surface area (Å²) in [4.78, 5) is 44.8. The fourth-order valence-electron chi connectivity index (χ4n) is 6.73. The van der Waals surface area contributed by atoms with Gasteiger partial charge in [-0.25, -0.2) is 0 Å². The Morgan fingerprint density at radius 3 is 2.71 bits per heavy atom. The van der Waals surface area contributed by atoms with E-state index in [0.29, 0.717) is 42.8 Å². The number of hydrogen-bond acceptors (Lipinski definition) is 6. The molecule has 3 aliphatic heterocycles. The second-order valence-corrected chi connectivity index (χ2v) is 10.7. The number of halogens is 1. The van der Waals surface area contributed by atoms with E-state index in [1.54, 1.807) is 18.2 Å². The van der Waals surface area contributed by atoms with Crippen molar-refractivity contribution in [2.75, 3.05) is 31.2 Å². The summed E-state index contributed by atoms with van der Waals surface area (Å²) in [5, 5.41) is 10.3. The van der Waals surface area contributed by atoms with E-state index in [4.69, 9.17) is 21.1 Å². The fraction of sp³-hybridized carbons (Fsp3) is 0.552. The summed E-state index contributed by atoms with van der Waals surface area (Å²) in [5.74, 6) is -2.92. The van der Waals surface area contributed by atoms with Crippen LogP contribution in [0.2, 0.25) is 5.02 Å². The smallest absolute Gasteiger partial charge is 0.312 e. The van der Waals surface area contributed by atoms with Crippen molar-refractivity contribution in [2.45, 2.75) is 63.2 Å². The van der Waals surface area contributed by atoms with E-state index in [-0.39, 0.29) is 38.1 Å². The molecule has 1 aromatic carbocycles. The SMILES string of the molecule is C=CCCCOC(=O)[C@H]1[C@H]2C(=O)N(CCO)C(C(=O)N(CC=C)c3c(C)cccc3Cl)C23CC[C@]1(CC)O3. The molecule has 1 N–H and O–H groups in total. The zero-order valence-electron chi connectivity index (χ0n) is 22.2. The number of benzene rings is 1. The number of unbranched alkanes of at least 4 members (excludes halogenated alkanes) is 1. The average Bonchev–Trinajstić information content (AvgIpc) is 3.49. The van der Waals surface area contributed by atoms with Gasteiger partial charge < -0.3 is 24.4 Å². The number of para-hydroxylation sites is 1. The van der Waals surface area contributed by atoms with Crippen molar-refractivity contribution in [1.82, 2.24) is 4.90 Å². The molecular weight excluding hydrogens is 508 g/mol. The number of rotatable bonds is 12. The van der Waals surface area contributed by atoms with Crippen LogP contribution in [-0.2, 0) is 23.9 Å². The van der Waals surface area contributed by atoms with Crippen molar-refractivity contribution >= 4 is 35.1 Å². The maximum absolute atomic E-state index is 14.4. The lowest BCUT2D eigenvalue weighted by molar-refractivity contribution is -0.161. The molecule has 9 heteroatoms. The van der Waals surface area contributed by atoms with E-state index >= 15 is 0 Å². The highest BCUT2D eigenvalue weighted by atomic mass is 35.5. The van der Waals surface area contributed by atoms with E-state index in [0.717, 1.165) is 5.56 Å². The lowest BCUT2D eigenvalue weighted by Crippen LogP contribution is -2.57. The first-order valence-corrected chi connectivity index (χ1v) is 13.7. The number of aliphatic hydroxyl groups excluding tert-OH is 1. The van der Waals surface area contributed by atoms with Crippen molar-refractivity contribution < 1.29 is 29.0 Å². The third-order valence-electron chi connectivity index (χ3n) is 8.34. The number of ether oxygens (including phenoxy) is 2. The van der Waals surface area contributed by atoms with Crippen molar-refractivity contribution in [1.29, 1.82) is 0 Å². The molecule has 206 valence electrons. The Morgan fingerprint density at radius 2 is 2.08 bits per heavy atom. The Morgan fingerprint density at radius 1 is 1.32 bits per heavy atom. The van der Waals surface area contributed by atoms with Crippen LogP contribution in [-0.4, -0.2) is 71.3 Å². The van der Waals surface area contributed by atoms with Gasteiger partial charge in [0.25, 0.3) is 5.91 Å². The zero-order valence-corrected chi connectivity index (χ0v) is 22.9. The second kappa shape index (κ2) is 11.2. The van der Waals surface area contributed by atoms with Gasteiger partial charge in [0.05, 0.1) is 35.4 Å². The highest BCUT2D eigenvalue weighted by Crippen LogP contribution is 2.64. The van der Waals surface area contributed by atoms with Crippen molar-refractivity contribution in [3.05, 3.63) is 54.1 Å². The van der Waals surface area contributed by atoms with Gasteiger partial charge in [-0.15, -0.1) is 13.2 Å². The van der Waals surface area contributed by atoms with Crippen LogP contribution >= 0.6 is 11.6 Å². The topological polar surface area (TPSA) is 96.4 Å². The molecule has 2 unspecified atom stereocenters. The molecule has 0 saturated carbocycles. The summed E-state index contributed by atoms with van der Waals surface area (Å²) in [6.45, 7) is 11.3. The van der Waals surface area contributed by atoms with Crippen LogP contribution in [0, 0.1) is 18.8 Å². The number of nitrogens with zero attached hydrogens (tertiary/aromatic N) is 2. The van der Waals surface area contributed by atoms with Gasteiger partial charge in [-0.3, -0.25) is 14.4 Å². The third kappa shape index (κ3) is 4.36. The normalized spacial score (nSPS) is 29.3. The van der Waals surface area contributed by atoms with Gasteiger partial charge in [0.2, 0.25) is 5.91 Å². The summed E-state index contributed by atoms with van der Waals surface area (Å²) < 4.78 is 12.3. The van der Waals surface area contributed by atoms with E-state index in [9.17, 15) is 19.5 Å². The average molecular weight is 545 g/mol. The molecule has 0 aliphatic carbocycles. The van der Waals surface area contributed by atoms with E-state index < -0.39 is 35.0 Å². The van der Waals surface area contributed by atoms with Gasteiger partial charge in [0.1, 0.15) is 17.6 Å². The van der Waals surface area contributed by atoms with Gasteiger partial charge in [0.15, 0.2) is 0 Å². The van der Waals surface area contributed by atoms with Crippen LogP contribution in [0.4, 0.5) is 5.69 Å². The van der Waals surface area contributed by atoms with Gasteiger partial charge in [-0.05, 0) is 50.7 Å². The number of carbonyl (C=O) groups is 3. The lowest BCUT2D eigenvalue weighted by Gasteiger charge is -2.37. The Balaban J connectivity index is 1.77. The maximum Gasteiger partial charge on any atom is 0.312 e. The van der Waals surface area contributed by atoms with Gasteiger partial charge in [-0.1, -0.05) is 42.8 Å². The first-order chi connectivity index (χ1) is 18.2. The molecule has 1 spiro atoms. The second-order valence-electron chi connectivity index (χ2n) is 10.3. The quantitative estimate of drug-likeness (QED) is 0.244. The minimum atomic E-state index is -1.21. The highest BCUT2D eigenvalue weighted by Gasteiger charge is 2.79. The minimum absolute atomic E-state index is 0.0550. The Bertz CT molecular complexity index is 1100. The number of likely N-dealkylation sites (tertiary alicyclic amines) is 1. The van der Waals surface area contributed by atoms with E-state index in [1.807, 2.05) is 26.0 Å². The maximum atomic E-state index is 14.4. The number of amides is 2. The van der Waals surface area contributed by atoms with Crippen LogP contribution < -0.4 is 4.90 Å². The number of anilines is 1. The van der Waals surface area contributed by atoms with Crippen molar-refractivity contribution in [3.63, 3.8) is 0 Å². The molecule has 3 aliphatic rings. The lowest BCUT2D eigenvalue weighted by atomic mass is 9.65. The van der Waals surface area contributed by atoms with Gasteiger partial charge in [0, 0.05) is 13.1 Å². The fourth-order valence-corrected chi connectivity index (χ4v) is 7.05. The Hall–Kier alpha value is -2.68. The van der Waals surface area contributed by atoms with Crippen LogP contribution in [0.3, 0.4) is 0 Å². The summed E-state index contributed by atoms with van der Waals surface area (Å²) in [7, 11) is 0. The number of hydrogen-bond donors (Lipinski definition) is 1. The molecule has 0 aromatic heterocycles. The number of allylic oxidation sites excluding steroid dienone is 1. The van der Waals surface area contributed by atoms with Crippen LogP contribution in [0.25, 0.3) is 0 Å². The van der Waals surface area contributed by atoms with Gasteiger partial charge in [-0.2, -0.15) is 0 Å². The molecule has 4 rings (SSSR count). The number of carbonyl (C=O) groups excluding carboxylic acids is 3. The Kier molecular flexibility index (Phi) is 8.35. The summed E-state index contributed by atoms with van der Waals surface area (Å²) in [5.41, 5.74) is -0.768. The number of aliphatic hydroxyl groups is 1.